The van der Waals surface area contributed by atoms with Gasteiger partial charge in [0.15, 0.2) is 0 Å². The number of nitrogens with zero attached hydrogens (tertiary/aromatic N) is 1. The van der Waals surface area contributed by atoms with E-state index in [0.717, 1.165) is 12.1 Å². The predicted octanol–water partition coefficient (Wildman–Crippen LogP) is 4.58. The fourth-order valence-corrected chi connectivity index (χ4v) is 3.16. The zero-order valence-electron chi connectivity index (χ0n) is 11.7. The third kappa shape index (κ3) is 2.66. The van der Waals surface area contributed by atoms with Crippen LogP contribution in [0.15, 0.2) is 48.7 Å². The Labute approximate surface area is 138 Å². The number of hydrogen-bond donors (Lipinski definition) is 0. The van der Waals surface area contributed by atoms with Crippen LogP contribution in [0, 0.1) is 6.07 Å². The number of pyridine rings is 1. The summed E-state index contributed by atoms with van der Waals surface area (Å²) in [5.74, 6) is 0. The van der Waals surface area contributed by atoms with Crippen molar-refractivity contribution < 1.29 is 20.1 Å². The molecule has 1 nitrogen and oxygen atoms in total. The van der Waals surface area contributed by atoms with Crippen LogP contribution in [0.4, 0.5) is 0 Å². The van der Waals surface area contributed by atoms with Gasteiger partial charge in [0.1, 0.15) is 0 Å². The maximum absolute atomic E-state index is 4.65. The molecule has 0 fully saturated rings. The molecule has 0 saturated heterocycles. The third-order valence-corrected chi connectivity index (χ3v) is 4.21. The van der Waals surface area contributed by atoms with E-state index in [1.807, 2.05) is 6.20 Å². The molecule has 0 bridgehead atoms. The largest absolute Gasteiger partial charge is 0.304 e. The normalized spacial score (nSPS) is 13.5. The van der Waals surface area contributed by atoms with E-state index in [1.54, 1.807) is 0 Å². The van der Waals surface area contributed by atoms with Crippen molar-refractivity contribution in [3.05, 3.63) is 65.9 Å². The summed E-state index contributed by atoms with van der Waals surface area (Å²) in [6.07, 6.45) is 6.93. The van der Waals surface area contributed by atoms with Gasteiger partial charge in [0, 0.05) is 26.3 Å². The molecule has 0 aliphatic heterocycles. The molecule has 0 spiro atoms. The molecular weight excluding hydrogens is 434 g/mol. The van der Waals surface area contributed by atoms with Gasteiger partial charge in [-0.05, 0) is 22.9 Å². The minimum absolute atomic E-state index is 0. The van der Waals surface area contributed by atoms with Crippen LogP contribution >= 0.6 is 0 Å². The summed E-state index contributed by atoms with van der Waals surface area (Å²) in [6.45, 7) is 0. The van der Waals surface area contributed by atoms with Gasteiger partial charge in [-0.25, -0.2) is 0 Å². The van der Waals surface area contributed by atoms with Crippen LogP contribution in [0.3, 0.4) is 0 Å². The molecule has 0 atom stereocenters. The fourth-order valence-electron chi connectivity index (χ4n) is 3.16. The van der Waals surface area contributed by atoms with Gasteiger partial charge in [-0.15, -0.1) is 34.9 Å². The van der Waals surface area contributed by atoms with Crippen LogP contribution in [0.5, 0.6) is 0 Å². The molecule has 1 aromatic heterocycles. The van der Waals surface area contributed by atoms with Crippen molar-refractivity contribution in [1.29, 1.82) is 0 Å². The maximum atomic E-state index is 4.65. The van der Waals surface area contributed by atoms with Gasteiger partial charge >= 0.3 is 0 Å². The molecule has 107 valence electrons. The van der Waals surface area contributed by atoms with Crippen LogP contribution in [-0.2, 0) is 32.9 Å². The summed E-state index contributed by atoms with van der Waals surface area (Å²) in [6, 6.07) is 18.3. The standard InChI is InChI=1S/C19H16N.Ir/c1-2-8-16-13-20-19(12-15(16)7-1)18-11-5-9-14-6-3-4-10-17(14)18;/h1-2,5,7-9,12-13H,3-4,6,10H2;/q-1;. The summed E-state index contributed by atoms with van der Waals surface area (Å²) < 4.78 is 0. The second-order valence-corrected chi connectivity index (χ2v) is 5.48. The Morgan fingerprint density at radius 2 is 1.76 bits per heavy atom. The Morgan fingerprint density at radius 3 is 2.67 bits per heavy atom. The molecule has 4 rings (SSSR count). The summed E-state index contributed by atoms with van der Waals surface area (Å²) in [7, 11) is 0. The van der Waals surface area contributed by atoms with Gasteiger partial charge in [0.05, 0.1) is 0 Å². The molecule has 0 saturated carbocycles. The average Bonchev–Trinajstić information content (AvgIpc) is 2.54. The number of aromatic nitrogens is 1. The average molecular weight is 451 g/mol. The first-order valence-corrected chi connectivity index (χ1v) is 7.29. The number of rotatable bonds is 1. The van der Waals surface area contributed by atoms with Crippen molar-refractivity contribution in [1.82, 2.24) is 4.98 Å². The smallest absolute Gasteiger partial charge is 0.0239 e. The van der Waals surface area contributed by atoms with Crippen LogP contribution in [0.25, 0.3) is 22.0 Å². The van der Waals surface area contributed by atoms with Gasteiger partial charge in [0.25, 0.3) is 0 Å². The Morgan fingerprint density at radius 1 is 0.952 bits per heavy atom. The van der Waals surface area contributed by atoms with E-state index in [2.05, 4.69) is 53.5 Å². The number of benzene rings is 2. The molecule has 0 N–H and O–H groups in total. The first-order valence-electron chi connectivity index (χ1n) is 7.29. The third-order valence-electron chi connectivity index (χ3n) is 4.21. The van der Waals surface area contributed by atoms with Gasteiger partial charge in [-0.2, -0.15) is 0 Å². The molecule has 2 aromatic carbocycles. The molecule has 1 radical (unpaired) electrons. The molecule has 2 heteroatoms. The fraction of sp³-hybridized carbons (Fsp3) is 0.211. The minimum Gasteiger partial charge on any atom is -0.304 e. The number of hydrogen-bond acceptors (Lipinski definition) is 1. The quantitative estimate of drug-likeness (QED) is 0.495. The summed E-state index contributed by atoms with van der Waals surface area (Å²) >= 11 is 0. The molecule has 1 heterocycles. The SMILES string of the molecule is [Ir].[c-]1ccc2c(c1-c1cc3ccccc3cn1)CCCC2. The van der Waals surface area contributed by atoms with Crippen LogP contribution in [0.2, 0.25) is 0 Å². The first kappa shape index (κ1) is 14.4. The second-order valence-electron chi connectivity index (χ2n) is 5.48. The first-order chi connectivity index (χ1) is 9.92. The molecule has 1 aliphatic rings. The molecule has 3 aromatic rings. The van der Waals surface area contributed by atoms with E-state index in [0.29, 0.717) is 0 Å². The second kappa shape index (κ2) is 6.09. The van der Waals surface area contributed by atoms with Crippen molar-refractivity contribution >= 4 is 10.8 Å². The predicted molar refractivity (Wildman–Crippen MR) is 82.7 cm³/mol. The number of fused-ring (bicyclic) bond motifs is 2. The van der Waals surface area contributed by atoms with E-state index in [9.17, 15) is 0 Å². The van der Waals surface area contributed by atoms with E-state index in [4.69, 9.17) is 0 Å². The molecule has 0 unspecified atom stereocenters. The molecular formula is C19H16IrN-. The topological polar surface area (TPSA) is 12.9 Å². The van der Waals surface area contributed by atoms with E-state index in [1.165, 1.54) is 46.7 Å². The zero-order chi connectivity index (χ0) is 13.4. The van der Waals surface area contributed by atoms with Crippen LogP contribution in [-0.4, -0.2) is 4.98 Å². The van der Waals surface area contributed by atoms with Crippen LogP contribution < -0.4 is 0 Å². The summed E-state index contributed by atoms with van der Waals surface area (Å²) in [5.41, 5.74) is 5.21. The number of aryl methyl sites for hydroxylation is 1. The van der Waals surface area contributed by atoms with E-state index >= 15 is 0 Å². The molecule has 0 amide bonds. The Bertz CT molecular complexity index is 779. The zero-order valence-corrected chi connectivity index (χ0v) is 14.1. The van der Waals surface area contributed by atoms with E-state index in [-0.39, 0.29) is 20.1 Å². The maximum Gasteiger partial charge on any atom is 0.0239 e. The van der Waals surface area contributed by atoms with Crippen molar-refractivity contribution in [2.75, 3.05) is 0 Å². The van der Waals surface area contributed by atoms with Crippen molar-refractivity contribution in [3.63, 3.8) is 0 Å². The monoisotopic (exact) mass is 451 g/mol. The van der Waals surface area contributed by atoms with E-state index < -0.39 is 0 Å². The Balaban J connectivity index is 0.00000132. The van der Waals surface area contributed by atoms with Gasteiger partial charge < -0.3 is 4.98 Å². The minimum atomic E-state index is 0. The summed E-state index contributed by atoms with van der Waals surface area (Å²) in [5, 5.41) is 2.44. The van der Waals surface area contributed by atoms with Crippen molar-refractivity contribution in [2.45, 2.75) is 25.7 Å². The Hall–Kier alpha value is -1.50. The molecule has 21 heavy (non-hydrogen) atoms. The summed E-state index contributed by atoms with van der Waals surface area (Å²) in [4.78, 5) is 4.65. The van der Waals surface area contributed by atoms with Crippen molar-refractivity contribution in [2.24, 2.45) is 0 Å². The van der Waals surface area contributed by atoms with Crippen LogP contribution in [0.1, 0.15) is 24.0 Å². The molecule has 1 aliphatic carbocycles. The van der Waals surface area contributed by atoms with Gasteiger partial charge in [-0.1, -0.05) is 49.6 Å². The van der Waals surface area contributed by atoms with Crippen molar-refractivity contribution in [3.8, 4) is 11.3 Å². The Kier molecular flexibility index (Phi) is 4.19. The van der Waals surface area contributed by atoms with Gasteiger partial charge in [-0.3, -0.25) is 0 Å². The van der Waals surface area contributed by atoms with Gasteiger partial charge in [0.2, 0.25) is 0 Å².